The number of ether oxygens (including phenoxy) is 1. The molecule has 0 radical (unpaired) electrons. The van der Waals surface area contributed by atoms with Gasteiger partial charge in [-0.05, 0) is 30.3 Å². The first-order valence-electron chi connectivity index (χ1n) is 6.84. The maximum Gasteiger partial charge on any atom is 0.184 e. The fraction of sp³-hybridized carbons (Fsp3) is 0.188. The average Bonchev–Trinajstić information content (AvgIpc) is 2.90. The molecule has 1 aliphatic heterocycles. The molecule has 2 aromatic carbocycles. The molecule has 1 atom stereocenters. The van der Waals surface area contributed by atoms with E-state index >= 15 is 0 Å². The molecule has 3 nitrogen and oxygen atoms in total. The molecule has 0 saturated heterocycles. The normalized spacial score (nSPS) is 17.3. The third kappa shape index (κ3) is 2.34. The first kappa shape index (κ1) is 12.6. The van der Waals surface area contributed by atoms with Crippen molar-refractivity contribution in [2.45, 2.75) is 12.5 Å². The number of benzene rings is 2. The molecule has 0 amide bonds. The Labute approximate surface area is 125 Å². The summed E-state index contributed by atoms with van der Waals surface area (Å²) in [6, 6.07) is 12.7. The highest BCUT2D eigenvalue weighted by atomic mass is 32.1. The van der Waals surface area contributed by atoms with Crippen molar-refractivity contribution in [1.29, 1.82) is 0 Å². The third-order valence-electron chi connectivity index (χ3n) is 3.60. The van der Waals surface area contributed by atoms with Crippen LogP contribution < -0.4 is 10.1 Å². The Balaban J connectivity index is 1.67. The van der Waals surface area contributed by atoms with E-state index in [0.29, 0.717) is 6.61 Å². The van der Waals surface area contributed by atoms with Gasteiger partial charge in [0.05, 0.1) is 22.9 Å². The molecule has 0 saturated carbocycles. The number of rotatable bonds is 2. The fourth-order valence-corrected chi connectivity index (χ4v) is 3.52. The van der Waals surface area contributed by atoms with E-state index in [1.807, 2.05) is 18.2 Å². The highest BCUT2D eigenvalue weighted by molar-refractivity contribution is 7.22. The molecule has 0 aliphatic carbocycles. The van der Waals surface area contributed by atoms with Crippen molar-refractivity contribution in [2.24, 2.45) is 0 Å². The lowest BCUT2D eigenvalue weighted by atomic mass is 10.0. The van der Waals surface area contributed by atoms with Gasteiger partial charge in [-0.2, -0.15) is 0 Å². The molecule has 106 valence electrons. The molecule has 3 aromatic rings. The molecule has 1 aliphatic rings. The van der Waals surface area contributed by atoms with Crippen molar-refractivity contribution in [3.05, 3.63) is 53.8 Å². The second-order valence-electron chi connectivity index (χ2n) is 5.00. The highest BCUT2D eigenvalue weighted by Gasteiger charge is 2.22. The van der Waals surface area contributed by atoms with Crippen LogP contribution in [0.2, 0.25) is 0 Å². The van der Waals surface area contributed by atoms with E-state index in [-0.39, 0.29) is 11.9 Å². The minimum atomic E-state index is -0.240. The van der Waals surface area contributed by atoms with Crippen LogP contribution in [-0.2, 0) is 0 Å². The topological polar surface area (TPSA) is 34.2 Å². The second-order valence-corrected chi connectivity index (χ2v) is 6.03. The number of fused-ring (bicyclic) bond motifs is 2. The van der Waals surface area contributed by atoms with Gasteiger partial charge in [0.2, 0.25) is 0 Å². The second kappa shape index (κ2) is 5.00. The van der Waals surface area contributed by atoms with Gasteiger partial charge >= 0.3 is 0 Å². The predicted octanol–water partition coefficient (Wildman–Crippen LogP) is 4.37. The molecule has 0 bridgehead atoms. The minimum absolute atomic E-state index is 0.0324. The smallest absolute Gasteiger partial charge is 0.184 e. The Bertz CT molecular complexity index is 769. The van der Waals surface area contributed by atoms with E-state index in [9.17, 15) is 4.39 Å². The van der Waals surface area contributed by atoms with E-state index in [1.54, 1.807) is 23.5 Å². The van der Waals surface area contributed by atoms with Crippen molar-refractivity contribution in [1.82, 2.24) is 4.98 Å². The monoisotopic (exact) mass is 300 g/mol. The lowest BCUT2D eigenvalue weighted by Crippen LogP contribution is -2.20. The Morgan fingerprint density at radius 2 is 2.14 bits per heavy atom. The summed E-state index contributed by atoms with van der Waals surface area (Å²) >= 11 is 1.61. The molecule has 21 heavy (non-hydrogen) atoms. The van der Waals surface area contributed by atoms with Gasteiger partial charge in [-0.15, -0.1) is 0 Å². The van der Waals surface area contributed by atoms with Crippen LogP contribution in [0.15, 0.2) is 42.5 Å². The van der Waals surface area contributed by atoms with Gasteiger partial charge in [0.1, 0.15) is 11.6 Å². The number of aromatic nitrogens is 1. The maximum absolute atomic E-state index is 13.5. The number of thiazole rings is 1. The number of nitrogens with one attached hydrogen (secondary N) is 1. The van der Waals surface area contributed by atoms with Crippen molar-refractivity contribution in [2.75, 3.05) is 11.9 Å². The number of hydrogen-bond donors (Lipinski definition) is 1. The van der Waals surface area contributed by atoms with Gasteiger partial charge in [0.15, 0.2) is 5.13 Å². The van der Waals surface area contributed by atoms with Gasteiger partial charge in [-0.25, -0.2) is 9.37 Å². The molecular formula is C16H13FN2OS. The van der Waals surface area contributed by atoms with Crippen LogP contribution in [0.5, 0.6) is 5.75 Å². The number of halogens is 1. The summed E-state index contributed by atoms with van der Waals surface area (Å²) < 4.78 is 20.2. The van der Waals surface area contributed by atoms with Gasteiger partial charge in [0.25, 0.3) is 0 Å². The highest BCUT2D eigenvalue weighted by Crippen LogP contribution is 2.36. The lowest BCUT2D eigenvalue weighted by Gasteiger charge is -2.26. The number of hydrogen-bond acceptors (Lipinski definition) is 4. The van der Waals surface area contributed by atoms with Crippen LogP contribution in [0, 0.1) is 5.82 Å². The molecule has 1 N–H and O–H groups in total. The van der Waals surface area contributed by atoms with Crippen LogP contribution >= 0.6 is 11.3 Å². The molecule has 5 heteroatoms. The standard InChI is InChI=1S/C16H13FN2OS/c17-10-5-6-14-11(9-10)12(7-8-20-14)18-16-19-13-3-1-2-4-15(13)21-16/h1-6,9,12H,7-8H2,(H,18,19). The Hall–Kier alpha value is -2.14. The molecule has 1 unspecified atom stereocenters. The first-order chi connectivity index (χ1) is 10.3. The Kier molecular flexibility index (Phi) is 3.00. The SMILES string of the molecule is Fc1ccc2c(c1)C(Nc1nc3ccccc3s1)CCO2. The number of nitrogens with zero attached hydrogens (tertiary/aromatic N) is 1. The van der Waals surface area contributed by atoms with Crippen LogP contribution in [0.4, 0.5) is 9.52 Å². The average molecular weight is 300 g/mol. The summed E-state index contributed by atoms with van der Waals surface area (Å²) in [5.74, 6) is 0.511. The zero-order chi connectivity index (χ0) is 14.2. The summed E-state index contributed by atoms with van der Waals surface area (Å²) in [7, 11) is 0. The lowest BCUT2D eigenvalue weighted by molar-refractivity contribution is 0.273. The van der Waals surface area contributed by atoms with E-state index in [1.165, 1.54) is 6.07 Å². The van der Waals surface area contributed by atoms with Crippen molar-refractivity contribution in [3.63, 3.8) is 0 Å². The Morgan fingerprint density at radius 1 is 1.24 bits per heavy atom. The zero-order valence-electron chi connectivity index (χ0n) is 11.2. The van der Waals surface area contributed by atoms with Crippen LogP contribution in [0.25, 0.3) is 10.2 Å². The predicted molar refractivity (Wildman–Crippen MR) is 82.5 cm³/mol. The summed E-state index contributed by atoms with van der Waals surface area (Å²) in [5.41, 5.74) is 1.84. The van der Waals surface area contributed by atoms with Crippen molar-refractivity contribution < 1.29 is 9.13 Å². The van der Waals surface area contributed by atoms with Gasteiger partial charge in [0, 0.05) is 12.0 Å². The molecule has 2 heterocycles. The van der Waals surface area contributed by atoms with E-state index in [4.69, 9.17) is 4.74 Å². The van der Waals surface area contributed by atoms with Crippen LogP contribution in [0.3, 0.4) is 0 Å². The van der Waals surface area contributed by atoms with E-state index in [2.05, 4.69) is 16.4 Å². The molecule has 1 aromatic heterocycles. The Morgan fingerprint density at radius 3 is 3.05 bits per heavy atom. The van der Waals surface area contributed by atoms with Gasteiger partial charge < -0.3 is 10.1 Å². The number of anilines is 1. The first-order valence-corrected chi connectivity index (χ1v) is 7.65. The summed E-state index contributed by atoms with van der Waals surface area (Å²) in [6.45, 7) is 0.626. The van der Waals surface area contributed by atoms with Gasteiger partial charge in [-0.1, -0.05) is 23.5 Å². The largest absolute Gasteiger partial charge is 0.493 e. The molecule has 0 fully saturated rings. The third-order valence-corrected chi connectivity index (χ3v) is 4.57. The quantitative estimate of drug-likeness (QED) is 0.763. The van der Waals surface area contributed by atoms with Crippen molar-refractivity contribution in [3.8, 4) is 5.75 Å². The summed E-state index contributed by atoms with van der Waals surface area (Å²) in [6.07, 6.45) is 0.798. The van der Waals surface area contributed by atoms with E-state index < -0.39 is 0 Å². The minimum Gasteiger partial charge on any atom is -0.493 e. The van der Waals surface area contributed by atoms with Crippen LogP contribution in [0.1, 0.15) is 18.0 Å². The summed E-state index contributed by atoms with van der Waals surface area (Å²) in [5, 5.41) is 4.27. The number of para-hydroxylation sites is 1. The molecule has 0 spiro atoms. The fourth-order valence-electron chi connectivity index (χ4n) is 2.60. The molecular weight excluding hydrogens is 287 g/mol. The maximum atomic E-state index is 13.5. The van der Waals surface area contributed by atoms with Crippen LogP contribution in [-0.4, -0.2) is 11.6 Å². The molecule has 4 rings (SSSR count). The van der Waals surface area contributed by atoms with Gasteiger partial charge in [-0.3, -0.25) is 0 Å². The van der Waals surface area contributed by atoms with Crippen molar-refractivity contribution >= 4 is 26.7 Å². The zero-order valence-corrected chi connectivity index (χ0v) is 12.0. The van der Waals surface area contributed by atoms with E-state index in [0.717, 1.165) is 33.1 Å². The summed E-state index contributed by atoms with van der Waals surface area (Å²) in [4.78, 5) is 4.58.